The van der Waals surface area contributed by atoms with Crippen molar-refractivity contribution in [3.8, 4) is 0 Å². The topological polar surface area (TPSA) is 46.9 Å². The highest BCUT2D eigenvalue weighted by Gasteiger charge is 2.11. The zero-order valence-electron chi connectivity index (χ0n) is 10.5. The molecule has 0 fully saturated rings. The van der Waals surface area contributed by atoms with Gasteiger partial charge in [0.15, 0.2) is 0 Å². The van der Waals surface area contributed by atoms with Crippen LogP contribution in [0.5, 0.6) is 0 Å². The van der Waals surface area contributed by atoms with E-state index < -0.39 is 0 Å². The molecule has 2 aromatic heterocycles. The third-order valence-electron chi connectivity index (χ3n) is 2.86. The van der Waals surface area contributed by atoms with Crippen LogP contribution in [0.15, 0.2) is 16.9 Å². The van der Waals surface area contributed by atoms with Gasteiger partial charge in [-0.25, -0.2) is 4.98 Å². The summed E-state index contributed by atoms with van der Waals surface area (Å²) < 4.78 is 1.70. The molecule has 96 valence electrons. The summed E-state index contributed by atoms with van der Waals surface area (Å²) in [4.78, 5) is 17.3. The van der Waals surface area contributed by atoms with E-state index >= 15 is 0 Å². The van der Waals surface area contributed by atoms with E-state index in [1.54, 1.807) is 23.7 Å². The quantitative estimate of drug-likeness (QED) is 0.942. The lowest BCUT2D eigenvalue weighted by atomic mass is 10.3. The first kappa shape index (κ1) is 13.1. The highest BCUT2D eigenvalue weighted by atomic mass is 35.5. The first-order valence-corrected chi connectivity index (χ1v) is 6.72. The molecular formula is C12H14ClN3OS. The number of hydrogen-bond acceptors (Lipinski definition) is 4. The number of anilines is 1. The number of hydrogen-bond donors (Lipinski definition) is 1. The number of rotatable bonds is 3. The summed E-state index contributed by atoms with van der Waals surface area (Å²) in [6.07, 6.45) is 0. The Morgan fingerprint density at radius 1 is 1.44 bits per heavy atom. The van der Waals surface area contributed by atoms with Gasteiger partial charge >= 0.3 is 4.87 Å². The molecule has 0 radical (unpaired) electrons. The Kier molecular flexibility index (Phi) is 3.73. The van der Waals surface area contributed by atoms with Crippen LogP contribution in [0.25, 0.3) is 0 Å². The summed E-state index contributed by atoms with van der Waals surface area (Å²) in [7, 11) is 1.80. The summed E-state index contributed by atoms with van der Waals surface area (Å²) in [5, 5.41) is 3.53. The first-order chi connectivity index (χ1) is 8.52. The van der Waals surface area contributed by atoms with Crippen LogP contribution >= 0.6 is 22.9 Å². The Morgan fingerprint density at radius 2 is 2.17 bits per heavy atom. The second-order valence-corrected chi connectivity index (χ2v) is 5.54. The van der Waals surface area contributed by atoms with Crippen LogP contribution in [0.3, 0.4) is 0 Å². The zero-order chi connectivity index (χ0) is 13.3. The highest BCUT2D eigenvalue weighted by molar-refractivity contribution is 7.09. The average Bonchev–Trinajstić information content (AvgIpc) is 2.58. The van der Waals surface area contributed by atoms with Gasteiger partial charge in [-0.15, -0.1) is 0 Å². The number of halogens is 1. The lowest BCUT2D eigenvalue weighted by Gasteiger charge is -2.08. The van der Waals surface area contributed by atoms with Crippen LogP contribution in [0.4, 0.5) is 5.82 Å². The second-order valence-electron chi connectivity index (χ2n) is 3.97. The minimum Gasteiger partial charge on any atom is -0.373 e. The van der Waals surface area contributed by atoms with Gasteiger partial charge in [-0.05, 0) is 26.0 Å². The molecule has 0 saturated heterocycles. The van der Waals surface area contributed by atoms with Gasteiger partial charge in [0.1, 0.15) is 5.82 Å². The molecule has 0 aromatic carbocycles. The predicted molar refractivity (Wildman–Crippen MR) is 75.9 cm³/mol. The molecule has 4 nitrogen and oxygen atoms in total. The van der Waals surface area contributed by atoms with Gasteiger partial charge in [-0.3, -0.25) is 9.36 Å². The second kappa shape index (κ2) is 5.12. The van der Waals surface area contributed by atoms with Crippen LogP contribution in [0, 0.1) is 13.8 Å². The molecule has 0 spiro atoms. The van der Waals surface area contributed by atoms with Gasteiger partial charge in [0, 0.05) is 17.6 Å². The van der Waals surface area contributed by atoms with Gasteiger partial charge in [-0.2, -0.15) is 0 Å². The molecule has 1 N–H and O–H groups in total. The summed E-state index contributed by atoms with van der Waals surface area (Å²) >= 11 is 7.36. The fraction of sp³-hybridized carbons (Fsp3) is 0.333. The smallest absolute Gasteiger partial charge is 0.307 e. The van der Waals surface area contributed by atoms with Gasteiger partial charge in [0.05, 0.1) is 17.3 Å². The first-order valence-electron chi connectivity index (χ1n) is 5.53. The zero-order valence-corrected chi connectivity index (χ0v) is 12.0. The standard InChI is InChI=1S/C12H14ClN3OS/c1-7-8(2)18-12(17)16(7)6-10-9(13)4-5-11(14-3)15-10/h4-5H,6H2,1-3H3,(H,14,15). The Bertz CT molecular complexity index is 633. The molecule has 2 aromatic rings. The van der Waals surface area contributed by atoms with Crippen molar-refractivity contribution in [2.75, 3.05) is 12.4 Å². The lowest BCUT2D eigenvalue weighted by molar-refractivity contribution is 0.733. The number of aryl methyl sites for hydroxylation is 1. The molecule has 18 heavy (non-hydrogen) atoms. The van der Waals surface area contributed by atoms with Crippen molar-refractivity contribution in [3.63, 3.8) is 0 Å². The maximum Gasteiger partial charge on any atom is 0.307 e. The minimum atomic E-state index is 0.0257. The van der Waals surface area contributed by atoms with Crippen LogP contribution in [0.2, 0.25) is 5.02 Å². The van der Waals surface area contributed by atoms with E-state index in [9.17, 15) is 4.79 Å². The lowest BCUT2D eigenvalue weighted by Crippen LogP contribution is -2.16. The van der Waals surface area contributed by atoms with Crippen molar-refractivity contribution in [3.05, 3.63) is 43.1 Å². The number of nitrogens with one attached hydrogen (secondary N) is 1. The number of pyridine rings is 1. The monoisotopic (exact) mass is 283 g/mol. The molecule has 2 heterocycles. The maximum atomic E-state index is 11.8. The summed E-state index contributed by atoms with van der Waals surface area (Å²) in [5.41, 5.74) is 1.67. The van der Waals surface area contributed by atoms with Crippen molar-refractivity contribution in [1.29, 1.82) is 0 Å². The average molecular weight is 284 g/mol. The Hall–Kier alpha value is -1.33. The Labute approximate surface area is 114 Å². The molecule has 0 bridgehead atoms. The number of thiazole rings is 1. The van der Waals surface area contributed by atoms with Gasteiger partial charge in [0.2, 0.25) is 0 Å². The third-order valence-corrected chi connectivity index (χ3v) is 4.20. The molecule has 0 amide bonds. The van der Waals surface area contributed by atoms with Crippen LogP contribution in [-0.2, 0) is 6.54 Å². The molecule has 0 atom stereocenters. The van der Waals surface area contributed by atoms with Crippen molar-refractivity contribution < 1.29 is 0 Å². The third kappa shape index (κ3) is 2.42. The normalized spacial score (nSPS) is 10.7. The Balaban J connectivity index is 2.42. The van der Waals surface area contributed by atoms with Crippen molar-refractivity contribution in [2.24, 2.45) is 0 Å². The highest BCUT2D eigenvalue weighted by Crippen LogP contribution is 2.19. The Morgan fingerprint density at radius 3 is 2.72 bits per heavy atom. The molecule has 2 rings (SSSR count). The van der Waals surface area contributed by atoms with Gasteiger partial charge in [0.25, 0.3) is 0 Å². The van der Waals surface area contributed by atoms with E-state index in [0.29, 0.717) is 17.3 Å². The van der Waals surface area contributed by atoms with E-state index in [-0.39, 0.29) is 4.87 Å². The summed E-state index contributed by atoms with van der Waals surface area (Å²) in [5.74, 6) is 0.743. The number of aromatic nitrogens is 2. The van der Waals surface area contributed by atoms with E-state index in [0.717, 1.165) is 16.4 Å². The van der Waals surface area contributed by atoms with Crippen molar-refractivity contribution in [2.45, 2.75) is 20.4 Å². The van der Waals surface area contributed by atoms with Crippen LogP contribution in [-0.4, -0.2) is 16.6 Å². The van der Waals surface area contributed by atoms with E-state index in [2.05, 4.69) is 10.3 Å². The summed E-state index contributed by atoms with van der Waals surface area (Å²) in [6.45, 7) is 4.28. The maximum absolute atomic E-state index is 11.8. The molecule has 6 heteroatoms. The molecular weight excluding hydrogens is 270 g/mol. The van der Waals surface area contributed by atoms with E-state index in [1.165, 1.54) is 11.3 Å². The van der Waals surface area contributed by atoms with Crippen LogP contribution < -0.4 is 10.2 Å². The predicted octanol–water partition coefficient (Wildman–Crippen LogP) is 2.67. The van der Waals surface area contributed by atoms with Gasteiger partial charge in [-0.1, -0.05) is 22.9 Å². The fourth-order valence-corrected chi connectivity index (χ4v) is 2.65. The van der Waals surface area contributed by atoms with Crippen LogP contribution in [0.1, 0.15) is 16.3 Å². The molecule has 0 unspecified atom stereocenters. The summed E-state index contributed by atoms with van der Waals surface area (Å²) in [6, 6.07) is 3.59. The van der Waals surface area contributed by atoms with Gasteiger partial charge < -0.3 is 5.32 Å². The molecule has 0 aliphatic carbocycles. The molecule has 0 aliphatic rings. The largest absolute Gasteiger partial charge is 0.373 e. The molecule has 0 aliphatic heterocycles. The minimum absolute atomic E-state index is 0.0257. The van der Waals surface area contributed by atoms with E-state index in [1.807, 2.05) is 13.8 Å². The fourth-order valence-electron chi connectivity index (χ4n) is 1.65. The number of nitrogens with zero attached hydrogens (tertiary/aromatic N) is 2. The van der Waals surface area contributed by atoms with E-state index in [4.69, 9.17) is 11.6 Å². The van der Waals surface area contributed by atoms with Crippen molar-refractivity contribution in [1.82, 2.24) is 9.55 Å². The SMILES string of the molecule is CNc1ccc(Cl)c(Cn2c(C)c(C)sc2=O)n1. The van der Waals surface area contributed by atoms with Crippen molar-refractivity contribution >= 4 is 28.8 Å². The molecule has 0 saturated carbocycles.